The van der Waals surface area contributed by atoms with Gasteiger partial charge in [0.1, 0.15) is 4.90 Å². The molecule has 0 spiro atoms. The van der Waals surface area contributed by atoms with E-state index in [4.69, 9.17) is 5.11 Å². The van der Waals surface area contributed by atoms with E-state index in [1.807, 2.05) is 31.2 Å². The molecule has 0 saturated carbocycles. The Bertz CT molecular complexity index is 675. The summed E-state index contributed by atoms with van der Waals surface area (Å²) in [5.74, 6) is 0. The van der Waals surface area contributed by atoms with E-state index in [2.05, 4.69) is 9.82 Å². The lowest BCUT2D eigenvalue weighted by atomic mass is 10.2. The van der Waals surface area contributed by atoms with E-state index in [0.29, 0.717) is 0 Å². The number of aliphatic hydroxyl groups is 1. The molecular formula is C13H17N3O3S. The average Bonchev–Trinajstić information content (AvgIpc) is 2.88. The summed E-state index contributed by atoms with van der Waals surface area (Å²) < 4.78 is 27.7. The minimum absolute atomic E-state index is 0.0297. The predicted octanol–water partition coefficient (Wildman–Crippen LogP) is 0.840. The summed E-state index contributed by atoms with van der Waals surface area (Å²) in [6, 6.07) is 7.58. The van der Waals surface area contributed by atoms with Crippen molar-refractivity contribution < 1.29 is 13.5 Å². The number of hydrogen-bond acceptors (Lipinski definition) is 4. The first-order chi connectivity index (χ1) is 9.38. The first-order valence-electron chi connectivity index (χ1n) is 6.18. The van der Waals surface area contributed by atoms with Crippen LogP contribution in [-0.2, 0) is 10.0 Å². The third-order valence-electron chi connectivity index (χ3n) is 2.74. The van der Waals surface area contributed by atoms with Gasteiger partial charge in [-0.05, 0) is 26.0 Å². The van der Waals surface area contributed by atoms with Crippen LogP contribution in [0.25, 0.3) is 5.69 Å². The third kappa shape index (κ3) is 3.44. The van der Waals surface area contributed by atoms with Crippen LogP contribution in [0.2, 0.25) is 0 Å². The Balaban J connectivity index is 2.22. The molecule has 6 nitrogen and oxygen atoms in total. The van der Waals surface area contributed by atoms with Gasteiger partial charge in [-0.2, -0.15) is 5.10 Å². The maximum atomic E-state index is 12.0. The van der Waals surface area contributed by atoms with Gasteiger partial charge >= 0.3 is 0 Å². The Morgan fingerprint density at radius 1 is 1.35 bits per heavy atom. The molecule has 0 aliphatic rings. The van der Waals surface area contributed by atoms with E-state index in [9.17, 15) is 8.42 Å². The molecule has 1 heterocycles. The lowest BCUT2D eigenvalue weighted by molar-refractivity contribution is 0.198. The molecule has 0 fully saturated rings. The van der Waals surface area contributed by atoms with Crippen LogP contribution < -0.4 is 4.72 Å². The highest BCUT2D eigenvalue weighted by Crippen LogP contribution is 2.12. The monoisotopic (exact) mass is 295 g/mol. The molecule has 2 aromatic rings. The molecule has 20 heavy (non-hydrogen) atoms. The highest BCUT2D eigenvalue weighted by Gasteiger charge is 2.17. The maximum Gasteiger partial charge on any atom is 0.243 e. The van der Waals surface area contributed by atoms with E-state index in [0.717, 1.165) is 11.3 Å². The van der Waals surface area contributed by atoms with E-state index in [1.165, 1.54) is 24.0 Å². The molecular weight excluding hydrogens is 278 g/mol. The zero-order valence-electron chi connectivity index (χ0n) is 11.3. The normalized spacial score (nSPS) is 13.3. The average molecular weight is 295 g/mol. The quantitative estimate of drug-likeness (QED) is 0.856. The minimum Gasteiger partial charge on any atom is -0.392 e. The van der Waals surface area contributed by atoms with Gasteiger partial charge in [-0.15, -0.1) is 0 Å². The van der Waals surface area contributed by atoms with E-state index in [1.54, 1.807) is 0 Å². The van der Waals surface area contributed by atoms with E-state index < -0.39 is 16.1 Å². The van der Waals surface area contributed by atoms with Crippen LogP contribution in [0.3, 0.4) is 0 Å². The van der Waals surface area contributed by atoms with Gasteiger partial charge in [0.05, 0.1) is 24.2 Å². The summed E-state index contributed by atoms with van der Waals surface area (Å²) >= 11 is 0. The molecule has 1 aromatic carbocycles. The highest BCUT2D eigenvalue weighted by atomic mass is 32.2. The third-order valence-corrected chi connectivity index (χ3v) is 4.11. The number of benzene rings is 1. The van der Waals surface area contributed by atoms with Crippen molar-refractivity contribution in [1.82, 2.24) is 14.5 Å². The van der Waals surface area contributed by atoms with E-state index >= 15 is 0 Å². The summed E-state index contributed by atoms with van der Waals surface area (Å²) in [4.78, 5) is 0.0683. The second-order valence-corrected chi connectivity index (χ2v) is 6.42. The second kappa shape index (κ2) is 5.74. The van der Waals surface area contributed by atoms with Crippen LogP contribution in [-0.4, -0.2) is 36.0 Å². The van der Waals surface area contributed by atoms with E-state index in [-0.39, 0.29) is 11.4 Å². The number of aromatic nitrogens is 2. The Morgan fingerprint density at radius 3 is 2.60 bits per heavy atom. The standard InChI is InChI=1S/C13H17N3O3S/c1-10-3-5-12(6-4-10)16-9-13(8-14-16)20(18,19)15-7-11(2)17/h3-6,8-9,11,15,17H,7H2,1-2H3. The molecule has 7 heteroatoms. The number of nitrogens with zero attached hydrogens (tertiary/aromatic N) is 2. The largest absolute Gasteiger partial charge is 0.392 e. The summed E-state index contributed by atoms with van der Waals surface area (Å²) in [6.45, 7) is 3.46. The van der Waals surface area contributed by atoms with Crippen molar-refractivity contribution in [2.24, 2.45) is 0 Å². The van der Waals surface area contributed by atoms with Gasteiger partial charge in [0.2, 0.25) is 10.0 Å². The van der Waals surface area contributed by atoms with Gasteiger partial charge < -0.3 is 5.11 Å². The minimum atomic E-state index is -3.64. The van der Waals surface area contributed by atoms with Crippen LogP contribution in [0.4, 0.5) is 0 Å². The predicted molar refractivity (Wildman–Crippen MR) is 75.2 cm³/mol. The van der Waals surface area contributed by atoms with Crippen LogP contribution in [0, 0.1) is 6.92 Å². The fourth-order valence-corrected chi connectivity index (χ4v) is 2.65. The van der Waals surface area contributed by atoms with Crippen LogP contribution >= 0.6 is 0 Å². The molecule has 0 saturated heterocycles. The molecule has 108 valence electrons. The van der Waals surface area contributed by atoms with Crippen molar-refractivity contribution >= 4 is 10.0 Å². The van der Waals surface area contributed by atoms with Crippen molar-refractivity contribution in [3.05, 3.63) is 42.2 Å². The van der Waals surface area contributed by atoms with Crippen molar-refractivity contribution in [3.8, 4) is 5.69 Å². The van der Waals surface area contributed by atoms with Crippen molar-refractivity contribution in [2.45, 2.75) is 24.8 Å². The number of sulfonamides is 1. The first-order valence-corrected chi connectivity index (χ1v) is 7.66. The Kier molecular flexibility index (Phi) is 4.22. The lowest BCUT2D eigenvalue weighted by Gasteiger charge is -2.06. The summed E-state index contributed by atoms with van der Waals surface area (Å²) in [6.07, 6.45) is 1.98. The molecule has 0 radical (unpaired) electrons. The number of nitrogens with one attached hydrogen (secondary N) is 1. The molecule has 0 aliphatic carbocycles. The number of rotatable bonds is 5. The van der Waals surface area contributed by atoms with Gasteiger partial charge in [-0.1, -0.05) is 17.7 Å². The van der Waals surface area contributed by atoms with Crippen LogP contribution in [0.1, 0.15) is 12.5 Å². The molecule has 1 aromatic heterocycles. The molecule has 0 aliphatic heterocycles. The second-order valence-electron chi connectivity index (χ2n) is 4.66. The summed E-state index contributed by atoms with van der Waals surface area (Å²) in [5, 5.41) is 13.2. The Morgan fingerprint density at radius 2 is 2.00 bits per heavy atom. The summed E-state index contributed by atoms with van der Waals surface area (Å²) in [7, 11) is -3.64. The SMILES string of the molecule is Cc1ccc(-n2cc(S(=O)(=O)NCC(C)O)cn2)cc1. The molecule has 0 amide bonds. The Hall–Kier alpha value is -1.70. The zero-order valence-corrected chi connectivity index (χ0v) is 12.1. The topological polar surface area (TPSA) is 84.2 Å². The van der Waals surface area contributed by atoms with Crippen molar-refractivity contribution in [1.29, 1.82) is 0 Å². The molecule has 0 bridgehead atoms. The maximum absolute atomic E-state index is 12.0. The van der Waals surface area contributed by atoms with Crippen LogP contribution in [0.5, 0.6) is 0 Å². The van der Waals surface area contributed by atoms with Crippen LogP contribution in [0.15, 0.2) is 41.6 Å². The Labute approximate surface area is 118 Å². The van der Waals surface area contributed by atoms with Gasteiger partial charge in [0, 0.05) is 6.54 Å². The van der Waals surface area contributed by atoms with Gasteiger partial charge in [-0.3, -0.25) is 0 Å². The first kappa shape index (κ1) is 14.7. The number of hydrogen-bond donors (Lipinski definition) is 2. The van der Waals surface area contributed by atoms with Gasteiger partial charge in [0.25, 0.3) is 0 Å². The summed E-state index contributed by atoms with van der Waals surface area (Å²) in [5.41, 5.74) is 1.90. The molecule has 2 rings (SSSR count). The fraction of sp³-hybridized carbons (Fsp3) is 0.308. The van der Waals surface area contributed by atoms with Crippen molar-refractivity contribution in [3.63, 3.8) is 0 Å². The number of aliphatic hydroxyl groups excluding tert-OH is 1. The van der Waals surface area contributed by atoms with Gasteiger partial charge in [-0.25, -0.2) is 17.8 Å². The van der Waals surface area contributed by atoms with Gasteiger partial charge in [0.15, 0.2) is 0 Å². The zero-order chi connectivity index (χ0) is 14.8. The molecule has 1 atom stereocenters. The number of aryl methyl sites for hydroxylation is 1. The molecule has 2 N–H and O–H groups in total. The smallest absolute Gasteiger partial charge is 0.243 e. The highest BCUT2D eigenvalue weighted by molar-refractivity contribution is 7.89. The molecule has 1 unspecified atom stereocenters. The van der Waals surface area contributed by atoms with Crippen molar-refractivity contribution in [2.75, 3.05) is 6.54 Å². The fourth-order valence-electron chi connectivity index (χ4n) is 1.60. The lowest BCUT2D eigenvalue weighted by Crippen LogP contribution is -2.30.